The van der Waals surface area contributed by atoms with Crippen molar-refractivity contribution in [2.45, 2.75) is 13.0 Å². The molecule has 1 atom stereocenters. The minimum absolute atomic E-state index is 0.0671. The molecule has 1 unspecified atom stereocenters. The molecular formula is C36H76N4O17. The van der Waals surface area contributed by atoms with Gasteiger partial charge in [0.25, 0.3) is 0 Å². The van der Waals surface area contributed by atoms with Crippen molar-refractivity contribution < 1.29 is 82.9 Å². The van der Waals surface area contributed by atoms with Gasteiger partial charge in [0.2, 0.25) is 0 Å². The van der Waals surface area contributed by atoms with Gasteiger partial charge < -0.3 is 89.8 Å². The average Bonchev–Trinajstić information content (AvgIpc) is 3.19. The van der Waals surface area contributed by atoms with Gasteiger partial charge in [-0.1, -0.05) is 12.1 Å². The van der Waals surface area contributed by atoms with Gasteiger partial charge >= 0.3 is 17.9 Å². The van der Waals surface area contributed by atoms with Crippen molar-refractivity contribution >= 4 is 17.9 Å². The SMILES string of the molecule is CC(O)C(=O)O.COCCNCCOC.COCCNCCOC.COCCNCCOC.COCCNCCOC.O=C(O)CO.O=C(O)c1ccccc1O. The van der Waals surface area contributed by atoms with Crippen LogP contribution in [0.3, 0.4) is 0 Å². The molecule has 0 saturated carbocycles. The van der Waals surface area contributed by atoms with Gasteiger partial charge in [-0.2, -0.15) is 0 Å². The first-order valence-electron chi connectivity index (χ1n) is 17.8. The van der Waals surface area contributed by atoms with Crippen LogP contribution in [0.2, 0.25) is 0 Å². The summed E-state index contributed by atoms with van der Waals surface area (Å²) < 4.78 is 38.5. The predicted molar refractivity (Wildman–Crippen MR) is 216 cm³/mol. The van der Waals surface area contributed by atoms with Crippen molar-refractivity contribution in [2.24, 2.45) is 0 Å². The molecule has 0 heterocycles. The first-order valence-corrected chi connectivity index (χ1v) is 17.8. The van der Waals surface area contributed by atoms with E-state index >= 15 is 0 Å². The third kappa shape index (κ3) is 78.0. The highest BCUT2D eigenvalue weighted by atomic mass is 16.5. The lowest BCUT2D eigenvalue weighted by Crippen LogP contribution is -2.23. The van der Waals surface area contributed by atoms with E-state index in [-0.39, 0.29) is 11.3 Å². The number of aliphatic carboxylic acids is 2. The number of carboxylic acid groups (broad SMARTS) is 3. The third-order valence-electron chi connectivity index (χ3n) is 5.49. The van der Waals surface area contributed by atoms with E-state index in [0.29, 0.717) is 0 Å². The summed E-state index contributed by atoms with van der Waals surface area (Å²) >= 11 is 0. The normalized spacial score (nSPS) is 10.0. The number of ether oxygens (including phenoxy) is 8. The summed E-state index contributed by atoms with van der Waals surface area (Å²) in [7, 11) is 13.5. The summed E-state index contributed by atoms with van der Waals surface area (Å²) in [4.78, 5) is 28.8. The first-order chi connectivity index (χ1) is 27.3. The summed E-state index contributed by atoms with van der Waals surface area (Å²) in [5.74, 6) is -3.69. The Labute approximate surface area is 339 Å². The second-order valence-corrected chi connectivity index (χ2v) is 10.3. The molecule has 342 valence electrons. The molecule has 57 heavy (non-hydrogen) atoms. The number of nitrogens with one attached hydrogen (secondary N) is 4. The second-order valence-electron chi connectivity index (χ2n) is 10.3. The van der Waals surface area contributed by atoms with E-state index in [0.717, 1.165) is 105 Å². The van der Waals surface area contributed by atoms with E-state index in [4.69, 9.17) is 73.3 Å². The predicted octanol–water partition coefficient (Wildman–Crippen LogP) is -0.919. The lowest BCUT2D eigenvalue weighted by atomic mass is 10.2. The number of carbonyl (C=O) groups is 3. The number of aliphatic hydroxyl groups is 2. The molecule has 0 aliphatic rings. The molecule has 0 amide bonds. The molecule has 0 aromatic heterocycles. The summed E-state index contributed by atoms with van der Waals surface area (Å²) in [5, 5.41) is 60.6. The first kappa shape index (κ1) is 65.7. The number of methoxy groups -OCH3 is 8. The minimum Gasteiger partial charge on any atom is -0.507 e. The molecule has 1 rings (SSSR count). The van der Waals surface area contributed by atoms with Crippen LogP contribution in [0.4, 0.5) is 0 Å². The Morgan fingerprint density at radius 2 is 0.737 bits per heavy atom. The fourth-order valence-electron chi connectivity index (χ4n) is 2.55. The van der Waals surface area contributed by atoms with Crippen molar-refractivity contribution in [3.63, 3.8) is 0 Å². The van der Waals surface area contributed by atoms with Gasteiger partial charge in [0.05, 0.1) is 52.9 Å². The fraction of sp³-hybridized carbons (Fsp3) is 0.750. The molecule has 21 heteroatoms. The van der Waals surface area contributed by atoms with Gasteiger partial charge in [0.1, 0.15) is 24.0 Å². The van der Waals surface area contributed by atoms with Crippen molar-refractivity contribution in [1.82, 2.24) is 21.3 Å². The zero-order valence-corrected chi connectivity index (χ0v) is 35.6. The van der Waals surface area contributed by atoms with Gasteiger partial charge in [-0.05, 0) is 19.1 Å². The Bertz CT molecular complexity index is 843. The fourth-order valence-corrected chi connectivity index (χ4v) is 2.55. The van der Waals surface area contributed by atoms with Gasteiger partial charge in [0.15, 0.2) is 0 Å². The third-order valence-corrected chi connectivity index (χ3v) is 5.49. The molecular weight excluding hydrogens is 760 g/mol. The quantitative estimate of drug-likeness (QED) is 0.0480. The Morgan fingerprint density at radius 3 is 0.860 bits per heavy atom. The standard InChI is InChI=1S/C7H6O3.4C6H15NO2.C3H6O3.C2H4O3/c8-6-4-2-1-3-5(6)7(9)10;4*1-8-5-3-7-4-6-9-2;1-2(4)3(5)6;3-1-2(4)5/h1-4,8H,(H,9,10);4*7H,3-6H2,1-2H3;2,4H,1H3,(H,5,6);3H,1H2,(H,4,5). The zero-order valence-electron chi connectivity index (χ0n) is 35.6. The molecule has 10 N–H and O–H groups in total. The second kappa shape index (κ2) is 62.1. The number of para-hydroxylation sites is 1. The maximum absolute atomic E-state index is 10.3. The van der Waals surface area contributed by atoms with Crippen molar-refractivity contribution in [3.05, 3.63) is 29.8 Å². The average molecular weight is 837 g/mol. The monoisotopic (exact) mass is 837 g/mol. The Kier molecular flexibility index (Phi) is 71.6. The van der Waals surface area contributed by atoms with Crippen LogP contribution in [0.5, 0.6) is 5.75 Å². The number of aliphatic hydroxyl groups excluding tert-OH is 2. The van der Waals surface area contributed by atoms with E-state index < -0.39 is 30.6 Å². The van der Waals surface area contributed by atoms with E-state index in [2.05, 4.69) is 21.3 Å². The van der Waals surface area contributed by atoms with Crippen LogP contribution in [-0.4, -0.2) is 223 Å². The van der Waals surface area contributed by atoms with Crippen LogP contribution >= 0.6 is 0 Å². The maximum atomic E-state index is 10.3. The molecule has 0 saturated heterocycles. The Balaban J connectivity index is -0.000000134. The number of phenols is 1. The number of aromatic carboxylic acids is 1. The highest BCUT2D eigenvalue weighted by Gasteiger charge is 2.05. The van der Waals surface area contributed by atoms with E-state index in [1.807, 2.05) is 0 Å². The van der Waals surface area contributed by atoms with Gasteiger partial charge in [-0.15, -0.1) is 0 Å². The number of carboxylic acids is 3. The number of aromatic hydroxyl groups is 1. The van der Waals surface area contributed by atoms with Gasteiger partial charge in [0, 0.05) is 109 Å². The molecule has 0 aliphatic heterocycles. The molecule has 0 aliphatic carbocycles. The van der Waals surface area contributed by atoms with Crippen molar-refractivity contribution in [2.75, 3.05) is 169 Å². The summed E-state index contributed by atoms with van der Waals surface area (Å²) in [6.45, 7) is 13.8. The van der Waals surface area contributed by atoms with E-state index in [1.165, 1.54) is 19.1 Å². The maximum Gasteiger partial charge on any atom is 0.339 e. The lowest BCUT2D eigenvalue weighted by Gasteiger charge is -2.01. The van der Waals surface area contributed by atoms with Crippen molar-refractivity contribution in [3.8, 4) is 5.75 Å². The van der Waals surface area contributed by atoms with E-state index in [1.54, 1.807) is 69.0 Å². The smallest absolute Gasteiger partial charge is 0.339 e. The Hall–Kier alpha value is -3.13. The van der Waals surface area contributed by atoms with Crippen LogP contribution in [0, 0.1) is 0 Å². The van der Waals surface area contributed by atoms with Crippen LogP contribution in [0.15, 0.2) is 24.3 Å². The Morgan fingerprint density at radius 1 is 0.526 bits per heavy atom. The lowest BCUT2D eigenvalue weighted by molar-refractivity contribution is -0.145. The minimum atomic E-state index is -1.23. The van der Waals surface area contributed by atoms with Crippen LogP contribution in [0.25, 0.3) is 0 Å². The van der Waals surface area contributed by atoms with Gasteiger partial charge in [-0.25, -0.2) is 14.4 Å². The number of hydrogen-bond acceptors (Lipinski definition) is 18. The summed E-state index contributed by atoms with van der Waals surface area (Å²) in [5.41, 5.74) is -0.0671. The van der Waals surface area contributed by atoms with Crippen molar-refractivity contribution in [1.29, 1.82) is 0 Å². The summed E-state index contributed by atoms with van der Waals surface area (Å²) in [6.07, 6.45) is -1.23. The van der Waals surface area contributed by atoms with Gasteiger partial charge in [-0.3, -0.25) is 0 Å². The van der Waals surface area contributed by atoms with Crippen LogP contribution < -0.4 is 21.3 Å². The molecule has 0 radical (unpaired) electrons. The number of rotatable bonds is 27. The summed E-state index contributed by atoms with van der Waals surface area (Å²) in [6, 6.07) is 5.81. The molecule has 1 aromatic rings. The van der Waals surface area contributed by atoms with Crippen LogP contribution in [0.1, 0.15) is 17.3 Å². The topological polar surface area (TPSA) is 295 Å². The van der Waals surface area contributed by atoms with E-state index in [9.17, 15) is 9.59 Å². The zero-order chi connectivity index (χ0) is 44.8. The number of hydrogen-bond donors (Lipinski definition) is 10. The largest absolute Gasteiger partial charge is 0.507 e. The highest BCUT2D eigenvalue weighted by Crippen LogP contribution is 2.14. The number of benzene rings is 1. The highest BCUT2D eigenvalue weighted by molar-refractivity contribution is 5.90. The van der Waals surface area contributed by atoms with Crippen LogP contribution in [-0.2, 0) is 47.5 Å². The molecule has 0 bridgehead atoms. The molecule has 0 fully saturated rings. The molecule has 21 nitrogen and oxygen atoms in total. The molecule has 1 aromatic carbocycles. The molecule has 0 spiro atoms.